The van der Waals surface area contributed by atoms with E-state index >= 15 is 0 Å². The fourth-order valence-corrected chi connectivity index (χ4v) is 1.47. The zero-order chi connectivity index (χ0) is 7.78. The van der Waals surface area contributed by atoms with Crippen molar-refractivity contribution in [1.82, 2.24) is 10.2 Å². The molecule has 0 aliphatic carbocycles. The number of hydrogen-bond donors (Lipinski definition) is 1. The second-order valence-electron chi connectivity index (χ2n) is 3.14. The van der Waals surface area contributed by atoms with Gasteiger partial charge in [-0.3, -0.25) is 0 Å². The fourth-order valence-electron chi connectivity index (χ4n) is 0.519. The van der Waals surface area contributed by atoms with E-state index in [0.29, 0.717) is 0 Å². The first-order valence-corrected chi connectivity index (χ1v) is 4.29. The quantitative estimate of drug-likeness (QED) is 0.610. The first-order chi connectivity index (χ1) is 4.50. The van der Waals surface area contributed by atoms with Crippen LogP contribution in [0.3, 0.4) is 0 Å². The first-order valence-electron chi connectivity index (χ1n) is 3.03. The van der Waals surface area contributed by atoms with Crippen LogP contribution < -0.4 is 0 Å². The van der Waals surface area contributed by atoms with Crippen molar-refractivity contribution < 1.29 is 0 Å². The van der Waals surface area contributed by atoms with Gasteiger partial charge in [0, 0.05) is 5.41 Å². The summed E-state index contributed by atoms with van der Waals surface area (Å²) in [6.07, 6.45) is 0. The van der Waals surface area contributed by atoms with Crippen molar-refractivity contribution in [3.05, 3.63) is 5.01 Å². The topological polar surface area (TPSA) is 25.8 Å². The van der Waals surface area contributed by atoms with Crippen LogP contribution in [0.5, 0.6) is 0 Å². The van der Waals surface area contributed by atoms with Gasteiger partial charge in [0.05, 0.1) is 0 Å². The molecule has 0 aliphatic rings. The maximum Gasteiger partial charge on any atom is 0.171 e. The lowest BCUT2D eigenvalue weighted by Gasteiger charge is -2.11. The van der Waals surface area contributed by atoms with Gasteiger partial charge in [0.15, 0.2) is 4.34 Å². The van der Waals surface area contributed by atoms with Gasteiger partial charge < -0.3 is 0 Å². The smallest absolute Gasteiger partial charge is 0.142 e. The van der Waals surface area contributed by atoms with Crippen LogP contribution >= 0.6 is 24.0 Å². The van der Waals surface area contributed by atoms with E-state index in [0.717, 1.165) is 9.35 Å². The molecule has 0 N–H and O–H groups in total. The normalized spacial score (nSPS) is 12.0. The highest BCUT2D eigenvalue weighted by Gasteiger charge is 2.18. The van der Waals surface area contributed by atoms with Crippen molar-refractivity contribution in [2.24, 2.45) is 0 Å². The Labute approximate surface area is 70.1 Å². The van der Waals surface area contributed by atoms with Gasteiger partial charge in [-0.1, -0.05) is 32.1 Å². The van der Waals surface area contributed by atoms with E-state index in [-0.39, 0.29) is 5.41 Å². The summed E-state index contributed by atoms with van der Waals surface area (Å²) in [7, 11) is 0. The average Bonchev–Trinajstić information content (AvgIpc) is 2.11. The minimum Gasteiger partial charge on any atom is -0.142 e. The summed E-state index contributed by atoms with van der Waals surface area (Å²) in [5, 5.41) is 8.83. The van der Waals surface area contributed by atoms with Crippen LogP contribution in [0.1, 0.15) is 25.8 Å². The Kier molecular flexibility index (Phi) is 2.01. The standard InChI is InChI=1S/C6H10N2S2/c1-6(2,3)4-7-8-5(9)10-4/h1-3H3,(H,8,9). The summed E-state index contributed by atoms with van der Waals surface area (Å²) in [6.45, 7) is 6.34. The lowest BCUT2D eigenvalue weighted by molar-refractivity contribution is 0.577. The summed E-state index contributed by atoms with van der Waals surface area (Å²) in [6, 6.07) is 0. The van der Waals surface area contributed by atoms with Gasteiger partial charge >= 0.3 is 0 Å². The average molecular weight is 174 g/mol. The van der Waals surface area contributed by atoms with Gasteiger partial charge in [-0.2, -0.15) is 0 Å². The number of nitrogens with zero attached hydrogens (tertiary/aromatic N) is 2. The third kappa shape index (κ3) is 1.70. The Balaban J connectivity index is 2.96. The molecule has 10 heavy (non-hydrogen) atoms. The molecule has 0 bridgehead atoms. The van der Waals surface area contributed by atoms with Crippen molar-refractivity contribution >= 4 is 24.0 Å². The highest BCUT2D eigenvalue weighted by molar-refractivity contribution is 7.82. The van der Waals surface area contributed by atoms with E-state index in [1.807, 2.05) is 0 Å². The number of aromatic nitrogens is 2. The molecule has 0 saturated heterocycles. The molecule has 0 amide bonds. The van der Waals surface area contributed by atoms with Crippen molar-refractivity contribution in [2.45, 2.75) is 30.5 Å². The maximum absolute atomic E-state index is 4.08. The molecule has 0 radical (unpaired) electrons. The van der Waals surface area contributed by atoms with Crippen LogP contribution in [0.4, 0.5) is 0 Å². The molecule has 0 spiro atoms. The molecular weight excluding hydrogens is 164 g/mol. The Morgan fingerprint density at radius 1 is 1.30 bits per heavy atom. The molecule has 0 unspecified atom stereocenters. The molecule has 1 aromatic heterocycles. The highest BCUT2D eigenvalue weighted by Crippen LogP contribution is 2.26. The van der Waals surface area contributed by atoms with E-state index in [4.69, 9.17) is 0 Å². The fraction of sp³-hybridized carbons (Fsp3) is 0.667. The second-order valence-corrected chi connectivity index (χ2v) is 4.84. The molecule has 0 atom stereocenters. The molecule has 2 nitrogen and oxygen atoms in total. The Morgan fingerprint density at radius 2 is 1.90 bits per heavy atom. The molecule has 1 aromatic rings. The summed E-state index contributed by atoms with van der Waals surface area (Å²) in [5.74, 6) is 0. The van der Waals surface area contributed by atoms with Crippen LogP contribution in [0.15, 0.2) is 4.34 Å². The van der Waals surface area contributed by atoms with Gasteiger partial charge in [0.25, 0.3) is 0 Å². The van der Waals surface area contributed by atoms with E-state index in [1.54, 1.807) is 0 Å². The summed E-state index contributed by atoms with van der Waals surface area (Å²) >= 11 is 5.62. The van der Waals surface area contributed by atoms with E-state index in [1.165, 1.54) is 11.3 Å². The minimum absolute atomic E-state index is 0.110. The van der Waals surface area contributed by atoms with Crippen LogP contribution in [-0.4, -0.2) is 10.2 Å². The molecule has 0 aromatic carbocycles. The lowest BCUT2D eigenvalue weighted by atomic mass is 9.98. The SMILES string of the molecule is CC(C)(C)c1nnc(S)s1. The van der Waals surface area contributed by atoms with Crippen molar-refractivity contribution in [2.75, 3.05) is 0 Å². The molecule has 0 aliphatic heterocycles. The predicted molar refractivity (Wildman–Crippen MR) is 45.9 cm³/mol. The van der Waals surface area contributed by atoms with Crippen LogP contribution in [-0.2, 0) is 5.41 Å². The van der Waals surface area contributed by atoms with Crippen molar-refractivity contribution in [3.63, 3.8) is 0 Å². The number of hydrogen-bond acceptors (Lipinski definition) is 4. The Morgan fingerprint density at radius 3 is 2.10 bits per heavy atom. The van der Waals surface area contributed by atoms with Crippen LogP contribution in [0.25, 0.3) is 0 Å². The third-order valence-corrected chi connectivity index (χ3v) is 2.57. The molecule has 0 fully saturated rings. The summed E-state index contributed by atoms with van der Waals surface area (Å²) in [5.41, 5.74) is 0.110. The molecule has 1 rings (SSSR count). The van der Waals surface area contributed by atoms with Gasteiger partial charge in [-0.15, -0.1) is 22.8 Å². The minimum atomic E-state index is 0.110. The van der Waals surface area contributed by atoms with Gasteiger partial charge in [-0.25, -0.2) is 0 Å². The molecule has 0 saturated carbocycles. The molecule has 4 heteroatoms. The third-order valence-electron chi connectivity index (χ3n) is 1.06. The zero-order valence-electron chi connectivity index (χ0n) is 6.25. The largest absolute Gasteiger partial charge is 0.171 e. The summed E-state index contributed by atoms with van der Waals surface area (Å²) in [4.78, 5) is 0. The second kappa shape index (κ2) is 2.51. The zero-order valence-corrected chi connectivity index (χ0v) is 7.96. The molecule has 1 heterocycles. The summed E-state index contributed by atoms with van der Waals surface area (Å²) < 4.78 is 0.741. The van der Waals surface area contributed by atoms with E-state index in [2.05, 4.69) is 43.6 Å². The van der Waals surface area contributed by atoms with Gasteiger partial charge in [0.2, 0.25) is 0 Å². The Hall–Kier alpha value is -0.0900. The van der Waals surface area contributed by atoms with E-state index < -0.39 is 0 Å². The van der Waals surface area contributed by atoms with Crippen molar-refractivity contribution in [1.29, 1.82) is 0 Å². The monoisotopic (exact) mass is 174 g/mol. The van der Waals surface area contributed by atoms with Crippen LogP contribution in [0, 0.1) is 0 Å². The lowest BCUT2D eigenvalue weighted by Crippen LogP contribution is -2.10. The molecule has 56 valence electrons. The van der Waals surface area contributed by atoms with Crippen LogP contribution in [0.2, 0.25) is 0 Å². The maximum atomic E-state index is 4.08. The number of rotatable bonds is 0. The van der Waals surface area contributed by atoms with E-state index in [9.17, 15) is 0 Å². The van der Waals surface area contributed by atoms with Crippen molar-refractivity contribution in [3.8, 4) is 0 Å². The van der Waals surface area contributed by atoms with Gasteiger partial charge in [0.1, 0.15) is 5.01 Å². The first kappa shape index (κ1) is 8.01. The predicted octanol–water partition coefficient (Wildman–Crippen LogP) is 2.12. The molecular formula is C6H10N2S2. The van der Waals surface area contributed by atoms with Gasteiger partial charge in [-0.05, 0) is 0 Å². The number of thiol groups is 1. The highest BCUT2D eigenvalue weighted by atomic mass is 32.2. The Bertz CT molecular complexity index is 224.